The van der Waals surface area contributed by atoms with E-state index in [9.17, 15) is 85.9 Å². The van der Waals surface area contributed by atoms with Gasteiger partial charge >= 0.3 is 29.2 Å². The van der Waals surface area contributed by atoms with E-state index in [0.717, 1.165) is 37.4 Å². The van der Waals surface area contributed by atoms with Crippen molar-refractivity contribution in [3.63, 3.8) is 0 Å². The van der Waals surface area contributed by atoms with Crippen molar-refractivity contribution in [3.05, 3.63) is 45.5 Å². The summed E-state index contributed by atoms with van der Waals surface area (Å²) in [5, 5.41) is 48.0. The number of aromatic nitrogens is 4. The molecule has 3 fully saturated rings. The molecule has 0 aromatic carbocycles. The molecule has 4 unspecified atom stereocenters. The van der Waals surface area contributed by atoms with E-state index in [0.29, 0.717) is 21.3 Å². The minimum Gasteiger partial charge on any atom is -0.456 e. The van der Waals surface area contributed by atoms with Crippen molar-refractivity contribution in [1.82, 2.24) is 29.7 Å². The fourth-order valence-electron chi connectivity index (χ4n) is 8.50. The van der Waals surface area contributed by atoms with E-state index in [4.69, 9.17) is 18.9 Å². The Morgan fingerprint density at radius 1 is 0.741 bits per heavy atom. The summed E-state index contributed by atoms with van der Waals surface area (Å²) in [6.07, 6.45) is -5.73. The van der Waals surface area contributed by atoms with Gasteiger partial charge < -0.3 is 60.6 Å². The summed E-state index contributed by atoms with van der Waals surface area (Å²) in [4.78, 5) is 133. The Balaban J connectivity index is 1.01. The van der Waals surface area contributed by atoms with Gasteiger partial charge in [-0.15, -0.1) is 0 Å². The standard InChI is InChI=1S/C49H66F4N8O18S2/c1-3-27(43(72)54-12-6-39(68)77-23-38(67)57-36-9-15-61(47(75)59-36)45-49(52,53)42(71)31(21-63)79-45)24-80-32-4-5-33(32)81-25-29(18-30(65)11-17-76-16-10-26(2)64)44(73)55-13-7-40(69)78-22-37(66)56-35-8-14-60(46(74)58-35)34-19-28(20-62)41(70)48(34,50)51/h8-9,14-15,27-29,31-34,41-42,45,62-63,70-71H,3-7,10-13,16-25H2,1-2H3,(H,54,72)(H,55,73)(H,56,58,66,74)(H,57,59,67,75)/t27?,28-,29?,31-,32?,33?,34-,41-,42-,45-/m0/s1. The molecule has 3 heterocycles. The van der Waals surface area contributed by atoms with Crippen LogP contribution in [0.2, 0.25) is 0 Å². The van der Waals surface area contributed by atoms with Gasteiger partial charge in [-0.2, -0.15) is 42.3 Å². The van der Waals surface area contributed by atoms with Crippen LogP contribution in [0.5, 0.6) is 0 Å². The van der Waals surface area contributed by atoms with Gasteiger partial charge in [0.05, 0.1) is 38.6 Å². The summed E-state index contributed by atoms with van der Waals surface area (Å²) >= 11 is 3.05. The molecule has 2 saturated carbocycles. The van der Waals surface area contributed by atoms with Crippen molar-refractivity contribution in [1.29, 1.82) is 0 Å². The summed E-state index contributed by atoms with van der Waals surface area (Å²) < 4.78 is 79.4. The highest BCUT2D eigenvalue weighted by Crippen LogP contribution is 2.47. The number of anilines is 2. The maximum absolute atomic E-state index is 14.6. The number of halogens is 4. The fourth-order valence-corrected chi connectivity index (χ4v) is 11.9. The summed E-state index contributed by atoms with van der Waals surface area (Å²) in [7, 11) is 0. The first-order valence-electron chi connectivity index (χ1n) is 25.9. The predicted molar refractivity (Wildman–Crippen MR) is 278 cm³/mol. The van der Waals surface area contributed by atoms with Gasteiger partial charge in [0.1, 0.15) is 41.5 Å². The van der Waals surface area contributed by atoms with Gasteiger partial charge in [0.2, 0.25) is 18.0 Å². The van der Waals surface area contributed by atoms with E-state index >= 15 is 0 Å². The topological polar surface area (TPSA) is 372 Å². The molecule has 450 valence electrons. The molecular weight excluding hydrogens is 1130 g/mol. The number of alkyl halides is 4. The third kappa shape index (κ3) is 18.8. The van der Waals surface area contributed by atoms with Crippen molar-refractivity contribution in [2.24, 2.45) is 17.8 Å². The number of nitrogens with one attached hydrogen (secondary N) is 4. The highest BCUT2D eigenvalue weighted by atomic mass is 32.2. The summed E-state index contributed by atoms with van der Waals surface area (Å²) in [5.41, 5.74) is -2.44. The molecule has 1 aliphatic heterocycles. The molecule has 2 aromatic heterocycles. The van der Waals surface area contributed by atoms with Gasteiger partial charge in [-0.25, -0.2) is 18.4 Å². The van der Waals surface area contributed by atoms with Crippen LogP contribution in [0.1, 0.15) is 83.9 Å². The lowest BCUT2D eigenvalue weighted by atomic mass is 9.99. The maximum atomic E-state index is 14.6. The SMILES string of the molecule is CCC(CSC1CCC1SCC(CC(=O)CCOCCC(C)=O)C(=O)NCCC(=O)OCC(=O)Nc1ccn([C@H]2C[C@@H](CO)[C@H](O)C2(F)F)c(=O)n1)C(=O)NCCC(=O)OCC(=O)Nc1ccn([C@H]2O[C@@H](CO)[C@H](O)C2(F)F)c(=O)n1. The van der Waals surface area contributed by atoms with Gasteiger partial charge in [-0.1, -0.05) is 6.92 Å². The van der Waals surface area contributed by atoms with E-state index in [2.05, 4.69) is 31.2 Å². The Morgan fingerprint density at radius 2 is 1.26 bits per heavy atom. The number of hydrogen-bond acceptors (Lipinski definition) is 22. The molecule has 2 aliphatic carbocycles. The zero-order valence-corrected chi connectivity index (χ0v) is 45.8. The zero-order chi connectivity index (χ0) is 59.6. The molecule has 0 bridgehead atoms. The normalized spacial score (nSPS) is 23.3. The van der Waals surface area contributed by atoms with Gasteiger partial charge in [0, 0.05) is 85.2 Å². The molecule has 0 radical (unpaired) electrons. The number of thioether (sulfide) groups is 2. The third-order valence-electron chi connectivity index (χ3n) is 13.4. The van der Waals surface area contributed by atoms with Crippen LogP contribution in [0, 0.1) is 17.8 Å². The smallest absolute Gasteiger partial charge is 0.351 e. The molecule has 5 rings (SSSR count). The molecule has 2 aromatic rings. The van der Waals surface area contributed by atoms with Crippen LogP contribution < -0.4 is 32.6 Å². The molecule has 4 amide bonds. The number of carbonyl (C=O) groups excluding carboxylic acids is 8. The minimum atomic E-state index is -3.95. The number of Topliss-reactive ketones (excluding diaryl/α,β-unsaturated/α-hetero) is 2. The number of carbonyl (C=O) groups is 8. The molecule has 0 spiro atoms. The quantitative estimate of drug-likeness (QED) is 0.0263. The first-order chi connectivity index (χ1) is 38.4. The molecule has 1 saturated heterocycles. The lowest BCUT2D eigenvalue weighted by molar-refractivity contribution is -0.147. The molecule has 3 aliphatic rings. The number of rotatable bonds is 33. The third-order valence-corrected chi connectivity index (χ3v) is 16.7. The second-order valence-electron chi connectivity index (χ2n) is 19.3. The number of ether oxygens (including phenoxy) is 4. The first-order valence-corrected chi connectivity index (χ1v) is 27.9. The average Bonchev–Trinajstić information content (AvgIpc) is 3.87. The summed E-state index contributed by atoms with van der Waals surface area (Å²) in [6.45, 7) is -0.256. The second kappa shape index (κ2) is 31.0. The Bertz CT molecular complexity index is 2670. The molecular formula is C49H66F4N8O18S2. The van der Waals surface area contributed by atoms with Crippen molar-refractivity contribution >= 4 is 82.3 Å². The van der Waals surface area contributed by atoms with Crippen LogP contribution in [0.4, 0.5) is 29.2 Å². The van der Waals surface area contributed by atoms with Gasteiger partial charge in [0.25, 0.3) is 17.7 Å². The van der Waals surface area contributed by atoms with Gasteiger partial charge in [-0.3, -0.25) is 47.5 Å². The van der Waals surface area contributed by atoms with Crippen LogP contribution >= 0.6 is 23.5 Å². The van der Waals surface area contributed by atoms with E-state index < -0.39 is 134 Å². The van der Waals surface area contributed by atoms with Crippen LogP contribution in [-0.2, 0) is 57.3 Å². The van der Waals surface area contributed by atoms with E-state index in [1.807, 2.05) is 6.92 Å². The van der Waals surface area contributed by atoms with Crippen LogP contribution in [0.25, 0.3) is 0 Å². The van der Waals surface area contributed by atoms with Gasteiger partial charge in [-0.05, 0) is 44.7 Å². The van der Waals surface area contributed by atoms with Crippen molar-refractivity contribution in [2.75, 3.05) is 74.9 Å². The minimum absolute atomic E-state index is 0.0175. The van der Waals surface area contributed by atoms with E-state index in [-0.39, 0.29) is 104 Å². The Hall–Kier alpha value is -5.90. The first kappa shape index (κ1) is 65.9. The fraction of sp³-hybridized carbons (Fsp3) is 0.673. The zero-order valence-electron chi connectivity index (χ0n) is 44.1. The number of esters is 2. The highest BCUT2D eigenvalue weighted by Gasteiger charge is 2.60. The lowest BCUT2D eigenvalue weighted by Gasteiger charge is -2.37. The van der Waals surface area contributed by atoms with Crippen molar-refractivity contribution in [2.45, 2.75) is 125 Å². The van der Waals surface area contributed by atoms with Gasteiger partial charge in [0.15, 0.2) is 19.3 Å². The Morgan fingerprint density at radius 3 is 1.73 bits per heavy atom. The number of amides is 4. The van der Waals surface area contributed by atoms with Crippen LogP contribution in [0.15, 0.2) is 34.1 Å². The number of aliphatic hydroxyl groups is 4. The monoisotopic (exact) mass is 1190 g/mol. The number of aliphatic hydroxyl groups excluding tert-OH is 4. The summed E-state index contributed by atoms with van der Waals surface area (Å²) in [6, 6.07) is 0.254. The van der Waals surface area contributed by atoms with E-state index in [1.165, 1.54) is 18.7 Å². The van der Waals surface area contributed by atoms with Crippen molar-refractivity contribution < 1.29 is 95.3 Å². The van der Waals surface area contributed by atoms with E-state index in [1.54, 1.807) is 11.8 Å². The molecule has 26 nitrogen and oxygen atoms in total. The Kier molecular flexibility index (Phi) is 25.2. The Labute approximate surface area is 468 Å². The average molecular weight is 1200 g/mol. The molecule has 32 heteroatoms. The number of ketones is 2. The predicted octanol–water partition coefficient (Wildman–Crippen LogP) is -0.104. The number of hydrogen-bond donors (Lipinski definition) is 8. The van der Waals surface area contributed by atoms with Crippen LogP contribution in [0.3, 0.4) is 0 Å². The van der Waals surface area contributed by atoms with Crippen molar-refractivity contribution in [3.8, 4) is 0 Å². The lowest BCUT2D eigenvalue weighted by Crippen LogP contribution is -2.41. The number of nitrogens with zero attached hydrogens (tertiary/aromatic N) is 4. The summed E-state index contributed by atoms with van der Waals surface area (Å²) in [5.74, 6) is -15.0. The molecule has 81 heavy (non-hydrogen) atoms. The highest BCUT2D eigenvalue weighted by molar-refractivity contribution is 8.04. The molecule has 8 N–H and O–H groups in total. The van der Waals surface area contributed by atoms with Crippen LogP contribution in [-0.4, -0.2) is 192 Å². The maximum Gasteiger partial charge on any atom is 0.351 e. The largest absolute Gasteiger partial charge is 0.456 e. The molecule has 10 atom stereocenters. The second-order valence-corrected chi connectivity index (χ2v) is 21.9.